The summed E-state index contributed by atoms with van der Waals surface area (Å²) >= 11 is 0. The topological polar surface area (TPSA) is 144 Å². The zero-order chi connectivity index (χ0) is 29.1. The molecule has 4 N–H and O–H groups in total. The third-order valence-corrected chi connectivity index (χ3v) is 7.76. The van der Waals surface area contributed by atoms with Gasteiger partial charge in [-0.15, -0.1) is 5.10 Å². The molecule has 0 unspecified atom stereocenters. The molecular formula is C28H32FN7O4S. The number of rotatable bonds is 10. The van der Waals surface area contributed by atoms with Gasteiger partial charge in [0.2, 0.25) is 11.9 Å². The lowest BCUT2D eigenvalue weighted by molar-refractivity contribution is -0.119. The van der Waals surface area contributed by atoms with Crippen molar-refractivity contribution in [2.45, 2.75) is 18.8 Å². The number of ether oxygens (including phenoxy) is 1. The Morgan fingerprint density at radius 2 is 1.88 bits per heavy atom. The molecule has 0 saturated carbocycles. The van der Waals surface area contributed by atoms with E-state index in [9.17, 15) is 17.6 Å². The minimum Gasteiger partial charge on any atom is -0.495 e. The van der Waals surface area contributed by atoms with Crippen LogP contribution in [0.25, 0.3) is 16.8 Å². The number of nitrogens with two attached hydrogens (primary N) is 1. The van der Waals surface area contributed by atoms with Crippen LogP contribution in [0, 0.1) is 5.82 Å². The molecule has 1 fully saturated rings. The van der Waals surface area contributed by atoms with Gasteiger partial charge in [-0.2, -0.15) is 0 Å². The monoisotopic (exact) mass is 581 g/mol. The fourth-order valence-electron chi connectivity index (χ4n) is 5.08. The Labute approximate surface area is 237 Å². The number of halogens is 1. The van der Waals surface area contributed by atoms with E-state index in [4.69, 9.17) is 10.5 Å². The largest absolute Gasteiger partial charge is 0.495 e. The second-order valence-electron chi connectivity index (χ2n) is 10.2. The van der Waals surface area contributed by atoms with Crippen LogP contribution in [-0.2, 0) is 14.6 Å². The van der Waals surface area contributed by atoms with E-state index in [-0.39, 0.29) is 18.3 Å². The maximum absolute atomic E-state index is 14.3. The molecule has 2 aromatic carbocycles. The van der Waals surface area contributed by atoms with Gasteiger partial charge in [-0.1, -0.05) is 6.07 Å². The number of amides is 1. The third-order valence-electron chi connectivity index (χ3n) is 7.09. The minimum absolute atomic E-state index is 0.282. The molecule has 216 valence electrons. The number of carbonyl (C=O) groups excluding carboxylic acids is 1. The maximum atomic E-state index is 14.3. The number of likely N-dealkylation sites (tertiary alicyclic amines) is 1. The van der Waals surface area contributed by atoms with Gasteiger partial charge in [-0.3, -0.25) is 9.69 Å². The van der Waals surface area contributed by atoms with Gasteiger partial charge < -0.3 is 21.1 Å². The molecule has 0 spiro atoms. The first-order chi connectivity index (χ1) is 19.6. The molecule has 0 atom stereocenters. The van der Waals surface area contributed by atoms with Crippen LogP contribution in [0.5, 0.6) is 5.75 Å². The molecule has 1 saturated heterocycles. The summed E-state index contributed by atoms with van der Waals surface area (Å²) in [5.41, 5.74) is 9.32. The Kier molecular flexibility index (Phi) is 8.08. The van der Waals surface area contributed by atoms with Crippen molar-refractivity contribution >= 4 is 38.6 Å². The molecule has 1 aliphatic heterocycles. The van der Waals surface area contributed by atoms with Gasteiger partial charge in [-0.05, 0) is 79.9 Å². The molecule has 41 heavy (non-hydrogen) atoms. The van der Waals surface area contributed by atoms with Crippen molar-refractivity contribution in [3.05, 3.63) is 66.1 Å². The predicted octanol–water partition coefficient (Wildman–Crippen LogP) is 3.37. The van der Waals surface area contributed by atoms with Crippen molar-refractivity contribution in [3.63, 3.8) is 0 Å². The Morgan fingerprint density at radius 3 is 2.59 bits per heavy atom. The average Bonchev–Trinajstić information content (AvgIpc) is 3.35. The van der Waals surface area contributed by atoms with Crippen molar-refractivity contribution in [2.24, 2.45) is 5.73 Å². The average molecular weight is 582 g/mol. The zero-order valence-electron chi connectivity index (χ0n) is 22.8. The zero-order valence-corrected chi connectivity index (χ0v) is 23.6. The molecule has 13 heteroatoms. The summed E-state index contributed by atoms with van der Waals surface area (Å²) in [7, 11) is -1.70. The van der Waals surface area contributed by atoms with Gasteiger partial charge in [0, 0.05) is 17.5 Å². The van der Waals surface area contributed by atoms with Crippen LogP contribution in [0.2, 0.25) is 0 Å². The van der Waals surface area contributed by atoms with E-state index >= 15 is 0 Å². The molecule has 2 aromatic heterocycles. The smallest absolute Gasteiger partial charge is 0.245 e. The summed E-state index contributed by atoms with van der Waals surface area (Å²) in [5.74, 6) is 0.204. The Bertz CT molecular complexity index is 1680. The number of primary amides is 1. The molecule has 3 heterocycles. The van der Waals surface area contributed by atoms with Crippen LogP contribution in [0.4, 0.5) is 21.7 Å². The van der Waals surface area contributed by atoms with Crippen molar-refractivity contribution < 1.29 is 22.3 Å². The molecule has 0 aliphatic carbocycles. The van der Waals surface area contributed by atoms with Gasteiger partial charge in [0.1, 0.15) is 17.4 Å². The summed E-state index contributed by atoms with van der Waals surface area (Å²) in [6, 6.07) is 13.7. The molecule has 1 amide bonds. The molecule has 0 radical (unpaired) electrons. The molecule has 5 rings (SSSR count). The number of carbonyl (C=O) groups is 1. The number of nitrogens with one attached hydrogen (secondary N) is 2. The van der Waals surface area contributed by atoms with Crippen molar-refractivity contribution in [1.29, 1.82) is 0 Å². The molecular weight excluding hydrogens is 549 g/mol. The molecule has 4 aromatic rings. The van der Waals surface area contributed by atoms with E-state index in [0.29, 0.717) is 45.8 Å². The fourth-order valence-corrected chi connectivity index (χ4v) is 5.50. The summed E-state index contributed by atoms with van der Waals surface area (Å²) < 4.78 is 45.0. The van der Waals surface area contributed by atoms with Crippen LogP contribution < -0.4 is 21.1 Å². The molecule has 11 nitrogen and oxygen atoms in total. The summed E-state index contributed by atoms with van der Waals surface area (Å²) in [4.78, 5) is 17.7. The van der Waals surface area contributed by atoms with E-state index in [0.717, 1.165) is 37.8 Å². The van der Waals surface area contributed by atoms with E-state index in [1.165, 1.54) is 18.2 Å². The van der Waals surface area contributed by atoms with Crippen LogP contribution in [0.1, 0.15) is 24.3 Å². The summed E-state index contributed by atoms with van der Waals surface area (Å²) in [6.07, 6.45) is 4.60. The highest BCUT2D eigenvalue weighted by atomic mass is 32.2. The second-order valence-corrected chi connectivity index (χ2v) is 12.3. The first-order valence-corrected chi connectivity index (χ1v) is 15.2. The van der Waals surface area contributed by atoms with Crippen LogP contribution in [-0.4, -0.2) is 72.7 Å². The number of methoxy groups -OCH3 is 1. The molecule has 1 aliphatic rings. The number of sulfone groups is 1. The lowest BCUT2D eigenvalue weighted by Gasteiger charge is -2.31. The van der Waals surface area contributed by atoms with Crippen molar-refractivity contribution in [2.75, 3.05) is 49.5 Å². The fraction of sp³-hybridized carbons (Fsp3) is 0.321. The lowest BCUT2D eigenvalue weighted by atomic mass is 9.89. The molecule has 0 bridgehead atoms. The van der Waals surface area contributed by atoms with Crippen LogP contribution >= 0.6 is 0 Å². The van der Waals surface area contributed by atoms with Gasteiger partial charge >= 0.3 is 0 Å². The van der Waals surface area contributed by atoms with Gasteiger partial charge in [-0.25, -0.2) is 22.3 Å². The maximum Gasteiger partial charge on any atom is 0.245 e. The standard InChI is InChI=1S/C28H32FN7O4S/c1-40-26-13-19(18-9-11-35(12-10-18)16-27(30)37)3-6-24(26)33-28-31-15-21-5-8-25(36(21)34-28)22-14-20(29)4-7-23(22)32-17-41(2,38)39/h3-8,13-15,18,32H,9-12,16-17H2,1-2H3,(H2,30,37)(H,33,34). The van der Waals surface area contributed by atoms with Gasteiger partial charge in [0.15, 0.2) is 9.84 Å². The third kappa shape index (κ3) is 6.74. The Hall–Kier alpha value is -4.23. The van der Waals surface area contributed by atoms with Crippen molar-refractivity contribution in [3.8, 4) is 17.0 Å². The number of fused-ring (bicyclic) bond motifs is 1. The summed E-state index contributed by atoms with van der Waals surface area (Å²) in [6.45, 7) is 1.89. The van der Waals surface area contributed by atoms with E-state index in [1.807, 2.05) is 18.2 Å². The number of benzene rings is 2. The number of aromatic nitrogens is 3. The number of nitrogens with zero attached hydrogens (tertiary/aromatic N) is 4. The van der Waals surface area contributed by atoms with E-state index < -0.39 is 15.7 Å². The SMILES string of the molecule is COc1cc(C2CCN(CC(N)=O)CC2)ccc1Nc1ncc2ccc(-c3cc(F)ccc3NCS(C)(=O)=O)n2n1. The van der Waals surface area contributed by atoms with Gasteiger partial charge in [0.25, 0.3) is 0 Å². The number of hydrogen-bond acceptors (Lipinski definition) is 9. The van der Waals surface area contributed by atoms with Crippen LogP contribution in [0.15, 0.2) is 54.7 Å². The van der Waals surface area contributed by atoms with Gasteiger partial charge in [0.05, 0.1) is 36.7 Å². The number of anilines is 3. The summed E-state index contributed by atoms with van der Waals surface area (Å²) in [5, 5.41) is 10.7. The second kappa shape index (κ2) is 11.7. The van der Waals surface area contributed by atoms with Crippen LogP contribution in [0.3, 0.4) is 0 Å². The van der Waals surface area contributed by atoms with Crippen molar-refractivity contribution in [1.82, 2.24) is 19.5 Å². The van der Waals surface area contributed by atoms with E-state index in [1.54, 1.807) is 30.0 Å². The predicted molar refractivity (Wildman–Crippen MR) is 156 cm³/mol. The Balaban J connectivity index is 1.39. The normalized spacial score (nSPS) is 14.7. The Morgan fingerprint density at radius 1 is 1.12 bits per heavy atom. The first-order valence-electron chi connectivity index (χ1n) is 13.1. The lowest BCUT2D eigenvalue weighted by Crippen LogP contribution is -2.39. The highest BCUT2D eigenvalue weighted by Gasteiger charge is 2.22. The number of piperidine rings is 1. The highest BCUT2D eigenvalue weighted by molar-refractivity contribution is 7.90. The first kappa shape index (κ1) is 28.3. The quantitative estimate of drug-likeness (QED) is 0.257. The van der Waals surface area contributed by atoms with E-state index in [2.05, 4.69) is 25.6 Å². The highest BCUT2D eigenvalue weighted by Crippen LogP contribution is 2.35. The number of hydrogen-bond donors (Lipinski definition) is 3. The minimum atomic E-state index is -3.30.